The molecule has 2 rings (SSSR count). The lowest BCUT2D eigenvalue weighted by Crippen LogP contribution is -2.31. The lowest BCUT2D eigenvalue weighted by atomic mass is 10.2. The molecule has 0 unspecified atom stereocenters. The lowest BCUT2D eigenvalue weighted by molar-refractivity contribution is -0.123. The van der Waals surface area contributed by atoms with Crippen LogP contribution in [0.3, 0.4) is 0 Å². The van der Waals surface area contributed by atoms with E-state index in [0.717, 1.165) is 0 Å². The van der Waals surface area contributed by atoms with E-state index in [1.54, 1.807) is 31.5 Å². The molecule has 0 aliphatic heterocycles. The molecule has 0 bridgehead atoms. The van der Waals surface area contributed by atoms with Crippen LogP contribution >= 0.6 is 0 Å². The number of ether oxygens (including phenoxy) is 1. The third kappa shape index (κ3) is 4.27. The number of hydrogen-bond acceptors (Lipinski definition) is 6. The van der Waals surface area contributed by atoms with Gasteiger partial charge in [-0.1, -0.05) is 13.8 Å². The second kappa shape index (κ2) is 6.83. The Kier molecular flexibility index (Phi) is 4.86. The van der Waals surface area contributed by atoms with Gasteiger partial charge in [-0.15, -0.1) is 10.2 Å². The van der Waals surface area contributed by atoms with Gasteiger partial charge in [-0.25, -0.2) is 0 Å². The minimum atomic E-state index is -0.366. The van der Waals surface area contributed by atoms with Gasteiger partial charge in [0.05, 0.1) is 6.20 Å². The molecule has 0 aliphatic rings. The van der Waals surface area contributed by atoms with E-state index in [2.05, 4.69) is 20.5 Å². The minimum Gasteiger partial charge on any atom is -0.482 e. The van der Waals surface area contributed by atoms with Crippen LogP contribution in [-0.4, -0.2) is 27.7 Å². The highest BCUT2D eigenvalue weighted by Crippen LogP contribution is 2.16. The van der Waals surface area contributed by atoms with Crippen molar-refractivity contribution < 1.29 is 13.9 Å². The first-order valence-corrected chi connectivity index (χ1v) is 6.71. The van der Waals surface area contributed by atoms with E-state index in [4.69, 9.17) is 9.15 Å². The van der Waals surface area contributed by atoms with E-state index in [0.29, 0.717) is 17.5 Å². The van der Waals surface area contributed by atoms with Crippen LogP contribution in [0.1, 0.15) is 44.5 Å². The maximum Gasteiger partial charge on any atom is 0.258 e. The summed E-state index contributed by atoms with van der Waals surface area (Å²) in [5.74, 6) is 1.37. The van der Waals surface area contributed by atoms with E-state index < -0.39 is 0 Å². The van der Waals surface area contributed by atoms with Crippen molar-refractivity contribution in [1.29, 1.82) is 0 Å². The molecule has 2 heterocycles. The summed E-state index contributed by atoms with van der Waals surface area (Å²) < 4.78 is 10.8. The summed E-state index contributed by atoms with van der Waals surface area (Å²) in [6.45, 7) is 5.60. The number of aromatic nitrogens is 3. The molecule has 2 aromatic rings. The number of pyridine rings is 1. The molecule has 112 valence electrons. The Bertz CT molecular complexity index is 583. The first-order chi connectivity index (χ1) is 10.1. The van der Waals surface area contributed by atoms with E-state index in [-0.39, 0.29) is 24.5 Å². The van der Waals surface area contributed by atoms with E-state index in [1.807, 2.05) is 13.8 Å². The quantitative estimate of drug-likeness (QED) is 0.873. The smallest absolute Gasteiger partial charge is 0.258 e. The highest BCUT2D eigenvalue weighted by Gasteiger charge is 2.17. The molecule has 2 aromatic heterocycles. The molecule has 0 saturated carbocycles. The molecule has 0 saturated heterocycles. The van der Waals surface area contributed by atoms with Crippen molar-refractivity contribution in [2.75, 3.05) is 6.61 Å². The number of carbonyl (C=O) groups is 1. The summed E-state index contributed by atoms with van der Waals surface area (Å²) in [7, 11) is 0. The topological polar surface area (TPSA) is 90.1 Å². The normalized spacial score (nSPS) is 12.2. The molecule has 7 nitrogen and oxygen atoms in total. The largest absolute Gasteiger partial charge is 0.482 e. The summed E-state index contributed by atoms with van der Waals surface area (Å²) in [6, 6.07) is 3.10. The number of amides is 1. The van der Waals surface area contributed by atoms with Gasteiger partial charge in [0.2, 0.25) is 11.8 Å². The standard InChI is InChI=1S/C14H18N4O3/c1-9(2)13-17-18-14(21-13)10(3)16-12(19)8-20-11-5-4-6-15-7-11/h4-7,9-10H,8H2,1-3H3,(H,16,19)/t10-/m1/s1. The summed E-state index contributed by atoms with van der Waals surface area (Å²) >= 11 is 0. The van der Waals surface area contributed by atoms with Crippen molar-refractivity contribution in [3.8, 4) is 5.75 Å². The zero-order chi connectivity index (χ0) is 15.2. The minimum absolute atomic E-state index is 0.0960. The second-order valence-corrected chi connectivity index (χ2v) is 4.90. The van der Waals surface area contributed by atoms with Crippen molar-refractivity contribution in [3.63, 3.8) is 0 Å². The molecule has 1 atom stereocenters. The predicted molar refractivity (Wildman–Crippen MR) is 74.7 cm³/mol. The third-order valence-electron chi connectivity index (χ3n) is 2.70. The Labute approximate surface area is 122 Å². The Hall–Kier alpha value is -2.44. The zero-order valence-corrected chi connectivity index (χ0v) is 12.2. The monoisotopic (exact) mass is 290 g/mol. The Morgan fingerprint density at radius 1 is 1.33 bits per heavy atom. The molecular formula is C14H18N4O3. The molecule has 0 aliphatic carbocycles. The second-order valence-electron chi connectivity index (χ2n) is 4.90. The predicted octanol–water partition coefficient (Wildman–Crippen LogP) is 1.84. The van der Waals surface area contributed by atoms with Gasteiger partial charge in [-0.05, 0) is 19.1 Å². The van der Waals surface area contributed by atoms with Crippen LogP contribution in [-0.2, 0) is 4.79 Å². The summed E-state index contributed by atoms with van der Waals surface area (Å²) in [4.78, 5) is 15.7. The summed E-state index contributed by atoms with van der Waals surface area (Å²) in [5, 5.41) is 10.6. The van der Waals surface area contributed by atoms with Gasteiger partial charge in [-0.3, -0.25) is 9.78 Å². The van der Waals surface area contributed by atoms with Crippen LogP contribution < -0.4 is 10.1 Å². The first-order valence-electron chi connectivity index (χ1n) is 6.71. The Balaban J connectivity index is 1.84. The third-order valence-corrected chi connectivity index (χ3v) is 2.70. The SMILES string of the molecule is CC(C)c1nnc([C@@H](C)NC(=O)COc2cccnc2)o1. The van der Waals surface area contributed by atoms with Gasteiger partial charge in [-0.2, -0.15) is 0 Å². The molecule has 1 amide bonds. The molecule has 21 heavy (non-hydrogen) atoms. The van der Waals surface area contributed by atoms with Crippen molar-refractivity contribution in [1.82, 2.24) is 20.5 Å². The fourth-order valence-corrected chi connectivity index (χ4v) is 1.58. The van der Waals surface area contributed by atoms with Gasteiger partial charge in [0.25, 0.3) is 5.91 Å². The Morgan fingerprint density at radius 3 is 2.71 bits per heavy atom. The van der Waals surface area contributed by atoms with E-state index in [1.165, 1.54) is 0 Å². The first kappa shape index (κ1) is 15.0. The van der Waals surface area contributed by atoms with Crippen molar-refractivity contribution in [3.05, 3.63) is 36.3 Å². The highest BCUT2D eigenvalue weighted by atomic mass is 16.5. The average molecular weight is 290 g/mol. The van der Waals surface area contributed by atoms with Gasteiger partial charge in [0.15, 0.2) is 6.61 Å². The molecular weight excluding hydrogens is 272 g/mol. The molecule has 0 spiro atoms. The van der Waals surface area contributed by atoms with Crippen LogP contribution in [0.2, 0.25) is 0 Å². The van der Waals surface area contributed by atoms with Gasteiger partial charge in [0.1, 0.15) is 11.8 Å². The van der Waals surface area contributed by atoms with E-state index in [9.17, 15) is 4.79 Å². The Morgan fingerprint density at radius 2 is 2.10 bits per heavy atom. The molecule has 1 N–H and O–H groups in total. The number of hydrogen-bond donors (Lipinski definition) is 1. The van der Waals surface area contributed by atoms with Crippen LogP contribution in [0.25, 0.3) is 0 Å². The zero-order valence-electron chi connectivity index (χ0n) is 12.2. The number of carbonyl (C=O) groups excluding carboxylic acids is 1. The fraction of sp³-hybridized carbons (Fsp3) is 0.429. The molecule has 0 radical (unpaired) electrons. The average Bonchev–Trinajstić information content (AvgIpc) is 2.96. The fourth-order valence-electron chi connectivity index (χ4n) is 1.58. The molecule has 0 fully saturated rings. The summed E-state index contributed by atoms with van der Waals surface area (Å²) in [5.41, 5.74) is 0. The van der Waals surface area contributed by atoms with Crippen LogP contribution in [0, 0.1) is 0 Å². The highest BCUT2D eigenvalue weighted by molar-refractivity contribution is 5.77. The number of nitrogens with one attached hydrogen (secondary N) is 1. The maximum atomic E-state index is 11.8. The van der Waals surface area contributed by atoms with Crippen molar-refractivity contribution in [2.24, 2.45) is 0 Å². The number of rotatable bonds is 6. The van der Waals surface area contributed by atoms with Gasteiger partial charge >= 0.3 is 0 Å². The van der Waals surface area contributed by atoms with Crippen molar-refractivity contribution in [2.45, 2.75) is 32.7 Å². The van der Waals surface area contributed by atoms with Crippen LogP contribution in [0.5, 0.6) is 5.75 Å². The number of nitrogens with zero attached hydrogens (tertiary/aromatic N) is 3. The van der Waals surface area contributed by atoms with Crippen molar-refractivity contribution >= 4 is 5.91 Å². The van der Waals surface area contributed by atoms with Gasteiger partial charge in [0, 0.05) is 12.1 Å². The van der Waals surface area contributed by atoms with Gasteiger partial charge < -0.3 is 14.5 Å². The van der Waals surface area contributed by atoms with Crippen LogP contribution in [0.15, 0.2) is 28.9 Å². The summed E-state index contributed by atoms with van der Waals surface area (Å²) in [6.07, 6.45) is 3.18. The molecule has 7 heteroatoms. The molecule has 0 aromatic carbocycles. The van der Waals surface area contributed by atoms with Crippen LogP contribution in [0.4, 0.5) is 0 Å². The van der Waals surface area contributed by atoms with E-state index >= 15 is 0 Å². The maximum absolute atomic E-state index is 11.8. The lowest BCUT2D eigenvalue weighted by Gasteiger charge is -2.10.